The van der Waals surface area contributed by atoms with Crippen LogP contribution in [0.3, 0.4) is 0 Å². The number of carbonyl (C=O) groups is 1. The summed E-state index contributed by atoms with van der Waals surface area (Å²) in [5.74, 6) is -0.144. The number of benzene rings is 2. The first-order valence-corrected chi connectivity index (χ1v) is 6.97. The van der Waals surface area contributed by atoms with E-state index < -0.39 is 5.82 Å². The molecule has 5 heteroatoms. The van der Waals surface area contributed by atoms with Crippen LogP contribution in [0.2, 0.25) is 5.02 Å². The van der Waals surface area contributed by atoms with Crippen LogP contribution >= 0.6 is 11.6 Å². The SMILES string of the molecule is C=CCc1cc(C(=O)Nc2ccc(F)c(Cl)c2)ccc1OC. The molecular weight excluding hydrogens is 305 g/mol. The number of rotatable bonds is 5. The van der Waals surface area contributed by atoms with Gasteiger partial charge in [-0.25, -0.2) is 4.39 Å². The first-order valence-electron chi connectivity index (χ1n) is 6.59. The highest BCUT2D eigenvalue weighted by molar-refractivity contribution is 6.31. The molecule has 0 spiro atoms. The van der Waals surface area contributed by atoms with Crippen molar-refractivity contribution in [2.45, 2.75) is 6.42 Å². The number of hydrogen-bond donors (Lipinski definition) is 1. The van der Waals surface area contributed by atoms with Gasteiger partial charge < -0.3 is 10.1 Å². The summed E-state index contributed by atoms with van der Waals surface area (Å²) in [7, 11) is 1.57. The van der Waals surface area contributed by atoms with Crippen molar-refractivity contribution in [3.05, 3.63) is 71.0 Å². The van der Waals surface area contributed by atoms with E-state index in [4.69, 9.17) is 16.3 Å². The van der Waals surface area contributed by atoms with Crippen LogP contribution in [0.1, 0.15) is 15.9 Å². The third kappa shape index (κ3) is 3.65. The lowest BCUT2D eigenvalue weighted by atomic mass is 10.1. The van der Waals surface area contributed by atoms with Crippen molar-refractivity contribution in [2.75, 3.05) is 12.4 Å². The normalized spacial score (nSPS) is 10.1. The van der Waals surface area contributed by atoms with E-state index in [9.17, 15) is 9.18 Å². The molecule has 1 amide bonds. The minimum atomic E-state index is -0.530. The predicted octanol–water partition coefficient (Wildman–Crippen LogP) is 4.47. The van der Waals surface area contributed by atoms with Crippen molar-refractivity contribution < 1.29 is 13.9 Å². The summed E-state index contributed by atoms with van der Waals surface area (Å²) in [5.41, 5.74) is 1.76. The van der Waals surface area contributed by atoms with Gasteiger partial charge in [0.1, 0.15) is 11.6 Å². The molecule has 0 fully saturated rings. The molecule has 0 aliphatic heterocycles. The van der Waals surface area contributed by atoms with Gasteiger partial charge in [0, 0.05) is 11.3 Å². The van der Waals surface area contributed by atoms with Gasteiger partial charge in [0.2, 0.25) is 0 Å². The predicted molar refractivity (Wildman–Crippen MR) is 86.3 cm³/mol. The molecule has 114 valence electrons. The lowest BCUT2D eigenvalue weighted by Crippen LogP contribution is -2.12. The van der Waals surface area contributed by atoms with Crippen molar-refractivity contribution in [1.29, 1.82) is 0 Å². The number of anilines is 1. The van der Waals surface area contributed by atoms with Gasteiger partial charge in [-0.1, -0.05) is 17.7 Å². The largest absolute Gasteiger partial charge is 0.496 e. The van der Waals surface area contributed by atoms with E-state index in [1.54, 1.807) is 31.4 Å². The van der Waals surface area contributed by atoms with E-state index in [-0.39, 0.29) is 10.9 Å². The molecular formula is C17H15ClFNO2. The van der Waals surface area contributed by atoms with Crippen LogP contribution in [0, 0.1) is 5.82 Å². The average Bonchev–Trinajstić information content (AvgIpc) is 2.51. The molecule has 1 N–H and O–H groups in total. The number of ether oxygens (including phenoxy) is 1. The zero-order chi connectivity index (χ0) is 16.1. The molecule has 22 heavy (non-hydrogen) atoms. The van der Waals surface area contributed by atoms with Gasteiger partial charge in [-0.15, -0.1) is 6.58 Å². The highest BCUT2D eigenvalue weighted by Crippen LogP contribution is 2.23. The molecule has 0 atom stereocenters. The third-order valence-corrected chi connectivity index (χ3v) is 3.37. The van der Waals surface area contributed by atoms with Crippen LogP contribution in [0.15, 0.2) is 49.1 Å². The van der Waals surface area contributed by atoms with Gasteiger partial charge in [0.05, 0.1) is 12.1 Å². The first kappa shape index (κ1) is 16.0. The van der Waals surface area contributed by atoms with Gasteiger partial charge in [0.15, 0.2) is 0 Å². The van der Waals surface area contributed by atoms with Crippen molar-refractivity contribution in [3.63, 3.8) is 0 Å². The minimum Gasteiger partial charge on any atom is -0.496 e. The molecule has 2 aromatic rings. The Labute approximate surface area is 133 Å². The Hall–Kier alpha value is -2.33. The third-order valence-electron chi connectivity index (χ3n) is 3.08. The van der Waals surface area contributed by atoms with Crippen molar-refractivity contribution in [3.8, 4) is 5.75 Å². The molecule has 2 aromatic carbocycles. The van der Waals surface area contributed by atoms with Crippen LogP contribution < -0.4 is 10.1 Å². The van der Waals surface area contributed by atoms with Crippen molar-refractivity contribution in [1.82, 2.24) is 0 Å². The van der Waals surface area contributed by atoms with E-state index in [0.29, 0.717) is 23.4 Å². The lowest BCUT2D eigenvalue weighted by Gasteiger charge is -2.10. The van der Waals surface area contributed by atoms with Crippen LogP contribution in [-0.2, 0) is 6.42 Å². The van der Waals surface area contributed by atoms with Crippen LogP contribution in [-0.4, -0.2) is 13.0 Å². The average molecular weight is 320 g/mol. The fourth-order valence-corrected chi connectivity index (χ4v) is 2.19. The zero-order valence-electron chi connectivity index (χ0n) is 12.0. The number of amides is 1. The molecule has 0 aromatic heterocycles. The summed E-state index contributed by atoms with van der Waals surface area (Å²) in [6.07, 6.45) is 2.33. The van der Waals surface area contributed by atoms with Gasteiger partial charge >= 0.3 is 0 Å². The second-order valence-electron chi connectivity index (χ2n) is 4.60. The summed E-state index contributed by atoms with van der Waals surface area (Å²) < 4.78 is 18.4. The molecule has 3 nitrogen and oxygen atoms in total. The maximum Gasteiger partial charge on any atom is 0.255 e. The number of halogens is 2. The summed E-state index contributed by atoms with van der Waals surface area (Å²) in [4.78, 5) is 12.3. The molecule has 0 bridgehead atoms. The number of hydrogen-bond acceptors (Lipinski definition) is 2. The fourth-order valence-electron chi connectivity index (χ4n) is 2.01. The Bertz CT molecular complexity index is 716. The molecule has 2 rings (SSSR count). The monoisotopic (exact) mass is 319 g/mol. The summed E-state index contributed by atoms with van der Waals surface area (Å²) >= 11 is 5.70. The topological polar surface area (TPSA) is 38.3 Å². The lowest BCUT2D eigenvalue weighted by molar-refractivity contribution is 0.102. The fraction of sp³-hybridized carbons (Fsp3) is 0.118. The van der Waals surface area contributed by atoms with Crippen molar-refractivity contribution in [2.24, 2.45) is 0 Å². The number of nitrogens with one attached hydrogen (secondary N) is 1. The van der Waals surface area contributed by atoms with Crippen LogP contribution in [0.25, 0.3) is 0 Å². The number of methoxy groups -OCH3 is 1. The maximum absolute atomic E-state index is 13.1. The van der Waals surface area contributed by atoms with Crippen LogP contribution in [0.4, 0.5) is 10.1 Å². The Morgan fingerprint density at radius 1 is 1.36 bits per heavy atom. The standard InChI is InChI=1S/C17H15ClFNO2/c1-3-4-11-9-12(5-8-16(11)22-2)17(21)20-13-6-7-15(19)14(18)10-13/h3,5-10H,1,4H2,2H3,(H,20,21). The van der Waals surface area contributed by atoms with E-state index in [0.717, 1.165) is 5.56 Å². The highest BCUT2D eigenvalue weighted by atomic mass is 35.5. The van der Waals surface area contributed by atoms with Gasteiger partial charge in [-0.2, -0.15) is 0 Å². The van der Waals surface area contributed by atoms with E-state index in [2.05, 4.69) is 11.9 Å². The molecule has 0 heterocycles. The maximum atomic E-state index is 13.1. The Kier molecular flexibility index (Phi) is 5.17. The van der Waals surface area contributed by atoms with Gasteiger partial charge in [-0.05, 0) is 48.4 Å². The molecule has 0 radical (unpaired) electrons. The highest BCUT2D eigenvalue weighted by Gasteiger charge is 2.11. The smallest absolute Gasteiger partial charge is 0.255 e. The second-order valence-corrected chi connectivity index (χ2v) is 5.01. The van der Waals surface area contributed by atoms with E-state index in [1.165, 1.54) is 18.2 Å². The van der Waals surface area contributed by atoms with Crippen molar-refractivity contribution >= 4 is 23.2 Å². The Morgan fingerprint density at radius 3 is 2.77 bits per heavy atom. The molecule has 0 saturated carbocycles. The molecule has 0 aliphatic carbocycles. The molecule has 0 unspecified atom stereocenters. The summed E-state index contributed by atoms with van der Waals surface area (Å²) in [6.45, 7) is 3.69. The zero-order valence-corrected chi connectivity index (χ0v) is 12.8. The molecule has 0 aliphatic rings. The summed E-state index contributed by atoms with van der Waals surface area (Å²) in [5, 5.41) is 2.63. The second kappa shape index (κ2) is 7.09. The minimum absolute atomic E-state index is 0.0418. The Morgan fingerprint density at radius 2 is 2.14 bits per heavy atom. The number of allylic oxidation sites excluding steroid dienone is 1. The summed E-state index contributed by atoms with van der Waals surface area (Å²) in [6, 6.07) is 9.14. The van der Waals surface area contributed by atoms with Gasteiger partial charge in [-0.3, -0.25) is 4.79 Å². The number of carbonyl (C=O) groups excluding carboxylic acids is 1. The molecule has 0 saturated heterocycles. The quantitative estimate of drug-likeness (QED) is 0.826. The van der Waals surface area contributed by atoms with E-state index >= 15 is 0 Å². The first-order chi connectivity index (χ1) is 10.5. The van der Waals surface area contributed by atoms with E-state index in [1.807, 2.05) is 0 Å². The van der Waals surface area contributed by atoms with Gasteiger partial charge in [0.25, 0.3) is 5.91 Å². The Balaban J connectivity index is 2.23. The van der Waals surface area contributed by atoms with Crippen LogP contribution in [0.5, 0.6) is 5.75 Å².